The molecule has 0 spiro atoms. The van der Waals surface area contributed by atoms with Crippen LogP contribution in [0.3, 0.4) is 0 Å². The number of carbonyl (C=O) groups excluding carboxylic acids is 1. The molecule has 0 unspecified atom stereocenters. The zero-order chi connectivity index (χ0) is 18.0. The van der Waals surface area contributed by atoms with E-state index in [0.717, 1.165) is 17.4 Å². The first kappa shape index (κ1) is 17.4. The number of hydrogen-bond donors (Lipinski definition) is 0. The Morgan fingerprint density at radius 3 is 2.88 bits per heavy atom. The Labute approximate surface area is 145 Å². The fourth-order valence-electron chi connectivity index (χ4n) is 2.33. The van der Waals surface area contributed by atoms with Crippen molar-refractivity contribution >= 4 is 27.5 Å². The van der Waals surface area contributed by atoms with Crippen LogP contribution < -0.4 is 4.80 Å². The molecule has 9 heteroatoms. The van der Waals surface area contributed by atoms with E-state index in [2.05, 4.69) is 10.1 Å². The Hall–Kier alpha value is -2.39. The van der Waals surface area contributed by atoms with Crippen LogP contribution in [0.2, 0.25) is 0 Å². The van der Waals surface area contributed by atoms with Crippen LogP contribution in [0.1, 0.15) is 23.2 Å². The molecule has 3 aromatic rings. The highest BCUT2D eigenvalue weighted by atomic mass is 32.1. The fraction of sp³-hybridized carbons (Fsp3) is 0.312. The maximum atomic E-state index is 14.2. The monoisotopic (exact) mass is 367 g/mol. The summed E-state index contributed by atoms with van der Waals surface area (Å²) >= 11 is 1.02. The number of fused-ring (bicyclic) bond motifs is 1. The van der Waals surface area contributed by atoms with Crippen LogP contribution in [0.4, 0.5) is 8.78 Å². The smallest absolute Gasteiger partial charge is 0.318 e. The number of ether oxygens (including phenoxy) is 1. The van der Waals surface area contributed by atoms with Crippen molar-refractivity contribution in [1.82, 2.24) is 9.72 Å². The minimum atomic E-state index is -0.716. The largest absolute Gasteiger partial charge is 0.380 e. The summed E-state index contributed by atoms with van der Waals surface area (Å²) in [6.07, 6.45) is 0. The number of carbonyl (C=O) groups is 1. The number of nitrogens with zero attached hydrogens (tertiary/aromatic N) is 3. The minimum absolute atomic E-state index is 0.0158. The van der Waals surface area contributed by atoms with Gasteiger partial charge in [0.05, 0.1) is 22.5 Å². The van der Waals surface area contributed by atoms with Gasteiger partial charge in [0.25, 0.3) is 0 Å². The van der Waals surface area contributed by atoms with E-state index in [4.69, 9.17) is 9.26 Å². The lowest BCUT2D eigenvalue weighted by atomic mass is 10.3. The average molecular weight is 367 g/mol. The summed E-state index contributed by atoms with van der Waals surface area (Å²) in [5.41, 5.74) is 0.735. The maximum Gasteiger partial charge on any atom is 0.318 e. The molecule has 0 radical (unpaired) electrons. The molecule has 1 amide bonds. The van der Waals surface area contributed by atoms with Crippen molar-refractivity contribution in [3.05, 3.63) is 46.1 Å². The lowest BCUT2D eigenvalue weighted by Crippen LogP contribution is -2.20. The second kappa shape index (κ2) is 7.24. The molecule has 0 aliphatic carbocycles. The normalized spacial score (nSPS) is 12.2. The van der Waals surface area contributed by atoms with Gasteiger partial charge in [-0.05, 0) is 19.9 Å². The van der Waals surface area contributed by atoms with Crippen molar-refractivity contribution in [1.29, 1.82) is 0 Å². The van der Waals surface area contributed by atoms with Gasteiger partial charge in [-0.1, -0.05) is 16.5 Å². The Balaban J connectivity index is 2.12. The fourth-order valence-corrected chi connectivity index (χ4v) is 3.42. The minimum Gasteiger partial charge on any atom is -0.380 e. The number of hydrogen-bond acceptors (Lipinski definition) is 5. The number of thiazole rings is 1. The van der Waals surface area contributed by atoms with Crippen LogP contribution in [0.5, 0.6) is 0 Å². The molecule has 0 aliphatic rings. The predicted octanol–water partition coefficient (Wildman–Crippen LogP) is 3.06. The molecule has 25 heavy (non-hydrogen) atoms. The van der Waals surface area contributed by atoms with Crippen molar-refractivity contribution in [2.75, 3.05) is 13.2 Å². The second-order valence-electron chi connectivity index (χ2n) is 5.22. The third-order valence-corrected chi connectivity index (χ3v) is 4.42. The van der Waals surface area contributed by atoms with Crippen LogP contribution in [0.25, 0.3) is 10.2 Å². The highest BCUT2D eigenvalue weighted by molar-refractivity contribution is 7.16. The van der Waals surface area contributed by atoms with E-state index in [1.54, 1.807) is 6.92 Å². The number of aryl methyl sites for hydroxylation is 1. The summed E-state index contributed by atoms with van der Waals surface area (Å²) < 4.78 is 39.8. The van der Waals surface area contributed by atoms with E-state index in [-0.39, 0.29) is 22.6 Å². The van der Waals surface area contributed by atoms with Gasteiger partial charge in [-0.3, -0.25) is 4.79 Å². The molecule has 0 saturated heterocycles. The van der Waals surface area contributed by atoms with E-state index >= 15 is 0 Å². The predicted molar refractivity (Wildman–Crippen MR) is 87.4 cm³/mol. The summed E-state index contributed by atoms with van der Waals surface area (Å²) in [6.45, 7) is 4.61. The van der Waals surface area contributed by atoms with Gasteiger partial charge in [0.1, 0.15) is 5.82 Å². The highest BCUT2D eigenvalue weighted by Gasteiger charge is 2.16. The van der Waals surface area contributed by atoms with Gasteiger partial charge in [-0.15, -0.1) is 0 Å². The summed E-state index contributed by atoms with van der Waals surface area (Å²) in [5, 5.41) is 3.64. The average Bonchev–Trinajstić information content (AvgIpc) is 3.12. The Morgan fingerprint density at radius 1 is 1.40 bits per heavy atom. The van der Waals surface area contributed by atoms with Gasteiger partial charge in [0.15, 0.2) is 10.6 Å². The Kier molecular flexibility index (Phi) is 5.05. The van der Waals surface area contributed by atoms with Gasteiger partial charge in [0.2, 0.25) is 5.76 Å². The Bertz CT molecular complexity index is 990. The SMILES string of the molecule is CCOCCn1c(=NC(=O)c2cc(C)no2)sc2cc(F)cc(F)c21. The van der Waals surface area contributed by atoms with Crippen LogP contribution in [0.15, 0.2) is 27.7 Å². The number of aromatic nitrogens is 2. The number of rotatable bonds is 5. The molecular weight excluding hydrogens is 352 g/mol. The van der Waals surface area contributed by atoms with Crippen molar-refractivity contribution in [2.24, 2.45) is 4.99 Å². The molecule has 6 nitrogen and oxygen atoms in total. The quantitative estimate of drug-likeness (QED) is 0.650. The van der Waals surface area contributed by atoms with Gasteiger partial charge in [-0.2, -0.15) is 4.99 Å². The number of halogens is 2. The topological polar surface area (TPSA) is 69.6 Å². The molecule has 132 valence electrons. The molecule has 0 N–H and O–H groups in total. The molecule has 3 rings (SSSR count). The van der Waals surface area contributed by atoms with Crippen molar-refractivity contribution < 1.29 is 22.8 Å². The molecule has 0 aliphatic heterocycles. The molecule has 0 fully saturated rings. The van der Waals surface area contributed by atoms with Crippen LogP contribution in [0, 0.1) is 18.6 Å². The maximum absolute atomic E-state index is 14.2. The van der Waals surface area contributed by atoms with Crippen LogP contribution in [-0.4, -0.2) is 28.8 Å². The molecule has 0 saturated carbocycles. The van der Waals surface area contributed by atoms with Crippen molar-refractivity contribution in [3.63, 3.8) is 0 Å². The Morgan fingerprint density at radius 2 is 2.20 bits per heavy atom. The zero-order valence-electron chi connectivity index (χ0n) is 13.6. The second-order valence-corrected chi connectivity index (χ2v) is 6.23. The highest BCUT2D eigenvalue weighted by Crippen LogP contribution is 2.22. The third-order valence-electron chi connectivity index (χ3n) is 3.39. The molecule has 2 aromatic heterocycles. The van der Waals surface area contributed by atoms with E-state index < -0.39 is 17.5 Å². The summed E-state index contributed by atoms with van der Waals surface area (Å²) in [5.74, 6) is -2.06. The zero-order valence-corrected chi connectivity index (χ0v) is 14.4. The first-order valence-electron chi connectivity index (χ1n) is 7.58. The van der Waals surface area contributed by atoms with E-state index in [1.165, 1.54) is 16.7 Å². The molecule has 0 bridgehead atoms. The van der Waals surface area contributed by atoms with E-state index in [1.807, 2.05) is 6.92 Å². The summed E-state index contributed by atoms with van der Waals surface area (Å²) in [7, 11) is 0. The van der Waals surface area contributed by atoms with Crippen molar-refractivity contribution in [3.8, 4) is 0 Å². The van der Waals surface area contributed by atoms with Crippen molar-refractivity contribution in [2.45, 2.75) is 20.4 Å². The molecule has 2 heterocycles. The van der Waals surface area contributed by atoms with Gasteiger partial charge >= 0.3 is 5.91 Å². The van der Waals surface area contributed by atoms with Crippen LogP contribution in [-0.2, 0) is 11.3 Å². The third kappa shape index (κ3) is 3.67. The van der Waals surface area contributed by atoms with Gasteiger partial charge in [-0.25, -0.2) is 8.78 Å². The first-order chi connectivity index (χ1) is 12.0. The van der Waals surface area contributed by atoms with E-state index in [0.29, 0.717) is 23.6 Å². The summed E-state index contributed by atoms with van der Waals surface area (Å²) in [4.78, 5) is 16.5. The molecule has 1 aromatic carbocycles. The standard InChI is InChI=1S/C16H15F2N3O3S/c1-3-23-5-4-21-14-11(18)7-10(17)8-13(14)25-16(21)19-15(22)12-6-9(2)20-24-12/h6-8H,3-5H2,1-2H3. The van der Waals surface area contributed by atoms with Gasteiger partial charge in [0, 0.05) is 25.3 Å². The first-order valence-corrected chi connectivity index (χ1v) is 8.39. The number of amides is 1. The molecular formula is C16H15F2N3O3S. The molecule has 0 atom stereocenters. The lowest BCUT2D eigenvalue weighted by Gasteiger charge is -2.06. The number of benzene rings is 1. The van der Waals surface area contributed by atoms with E-state index in [9.17, 15) is 13.6 Å². The lowest BCUT2D eigenvalue weighted by molar-refractivity contribution is 0.0961. The van der Waals surface area contributed by atoms with Gasteiger partial charge < -0.3 is 13.8 Å². The van der Waals surface area contributed by atoms with Crippen LogP contribution >= 0.6 is 11.3 Å². The summed E-state index contributed by atoms with van der Waals surface area (Å²) in [6, 6.07) is 3.48.